The highest BCUT2D eigenvalue weighted by atomic mass is 15.0. The van der Waals surface area contributed by atoms with Crippen molar-refractivity contribution in [3.63, 3.8) is 0 Å². The number of hydrogen-bond donors (Lipinski definition) is 1. The lowest BCUT2D eigenvalue weighted by atomic mass is 10.1. The van der Waals surface area contributed by atoms with Crippen LogP contribution in [-0.2, 0) is 0 Å². The van der Waals surface area contributed by atoms with Crippen molar-refractivity contribution < 1.29 is 0 Å². The first-order valence-corrected chi connectivity index (χ1v) is 5.10. The molecule has 0 fully saturated rings. The van der Waals surface area contributed by atoms with Crippen LogP contribution in [0.2, 0.25) is 0 Å². The molecule has 0 saturated heterocycles. The van der Waals surface area contributed by atoms with E-state index in [4.69, 9.17) is 5.53 Å². The third-order valence-electron chi connectivity index (χ3n) is 2.29. The van der Waals surface area contributed by atoms with Gasteiger partial charge in [-0.25, -0.2) is 5.53 Å². The Labute approximate surface area is 94.8 Å². The van der Waals surface area contributed by atoms with Crippen molar-refractivity contribution >= 4 is 11.8 Å². The number of nitrogens with zero attached hydrogens (tertiary/aromatic N) is 1. The molecule has 0 bridgehead atoms. The van der Waals surface area contributed by atoms with Gasteiger partial charge in [0.1, 0.15) is 0 Å². The van der Waals surface area contributed by atoms with Gasteiger partial charge in [-0.3, -0.25) is 0 Å². The first kappa shape index (κ1) is 10.3. The molecule has 0 atom stereocenters. The predicted octanol–water partition coefficient (Wildman–Crippen LogP) is 4.22. The molecule has 16 heavy (non-hydrogen) atoms. The van der Waals surface area contributed by atoms with Gasteiger partial charge in [-0.15, -0.1) is 0 Å². The van der Waals surface area contributed by atoms with Crippen LogP contribution in [0.4, 0.5) is 0 Å². The Balaban J connectivity index is 2.38. The fourth-order valence-electron chi connectivity index (χ4n) is 1.50. The molecule has 0 saturated carbocycles. The third-order valence-corrected chi connectivity index (χ3v) is 2.29. The molecule has 0 aliphatic heterocycles. The van der Waals surface area contributed by atoms with E-state index in [2.05, 4.69) is 5.11 Å². The van der Waals surface area contributed by atoms with E-state index in [1.807, 2.05) is 66.7 Å². The second kappa shape index (κ2) is 5.03. The summed E-state index contributed by atoms with van der Waals surface area (Å²) in [6, 6.07) is 19.6. The standard InChI is InChI=1S/C14H12N2/c15-16-14(13-9-5-2-6-10-13)11-12-7-3-1-4-8-12/h1-11,15H. The van der Waals surface area contributed by atoms with Gasteiger partial charge < -0.3 is 0 Å². The van der Waals surface area contributed by atoms with Crippen LogP contribution in [0, 0.1) is 5.53 Å². The Hall–Kier alpha value is -2.22. The van der Waals surface area contributed by atoms with E-state index in [1.165, 1.54) is 0 Å². The summed E-state index contributed by atoms with van der Waals surface area (Å²) in [5.41, 5.74) is 9.89. The lowest BCUT2D eigenvalue weighted by Gasteiger charge is -2.00. The quantitative estimate of drug-likeness (QED) is 0.579. The molecule has 2 aromatic carbocycles. The van der Waals surface area contributed by atoms with Crippen LogP contribution in [0.3, 0.4) is 0 Å². The predicted molar refractivity (Wildman–Crippen MR) is 65.9 cm³/mol. The molecule has 0 aliphatic rings. The summed E-state index contributed by atoms with van der Waals surface area (Å²) < 4.78 is 0. The highest BCUT2D eigenvalue weighted by molar-refractivity contribution is 5.80. The molecule has 0 unspecified atom stereocenters. The van der Waals surface area contributed by atoms with E-state index in [-0.39, 0.29) is 0 Å². The number of rotatable bonds is 3. The van der Waals surface area contributed by atoms with Crippen LogP contribution in [0.1, 0.15) is 11.1 Å². The summed E-state index contributed by atoms with van der Waals surface area (Å²) >= 11 is 0. The zero-order chi connectivity index (χ0) is 11.2. The van der Waals surface area contributed by atoms with Gasteiger partial charge in [0.15, 0.2) is 0 Å². The Morgan fingerprint density at radius 1 is 0.875 bits per heavy atom. The van der Waals surface area contributed by atoms with Gasteiger partial charge in [0.05, 0.1) is 5.70 Å². The number of hydrogen-bond acceptors (Lipinski definition) is 2. The topological polar surface area (TPSA) is 36.2 Å². The van der Waals surface area contributed by atoms with Crippen molar-refractivity contribution in [2.45, 2.75) is 0 Å². The van der Waals surface area contributed by atoms with Crippen molar-refractivity contribution in [2.24, 2.45) is 5.11 Å². The van der Waals surface area contributed by atoms with Gasteiger partial charge in [0, 0.05) is 5.56 Å². The minimum atomic E-state index is 0.673. The summed E-state index contributed by atoms with van der Waals surface area (Å²) in [6.07, 6.45) is 1.91. The van der Waals surface area contributed by atoms with Gasteiger partial charge in [0.2, 0.25) is 0 Å². The van der Waals surface area contributed by atoms with Crippen LogP contribution >= 0.6 is 0 Å². The van der Waals surface area contributed by atoms with Gasteiger partial charge in [-0.1, -0.05) is 60.7 Å². The highest BCUT2D eigenvalue weighted by Crippen LogP contribution is 2.18. The van der Waals surface area contributed by atoms with E-state index in [1.54, 1.807) is 0 Å². The molecule has 0 heterocycles. The lowest BCUT2D eigenvalue weighted by molar-refractivity contribution is 1.16. The van der Waals surface area contributed by atoms with Crippen LogP contribution in [0.5, 0.6) is 0 Å². The van der Waals surface area contributed by atoms with Crippen LogP contribution in [0.15, 0.2) is 65.8 Å². The zero-order valence-electron chi connectivity index (χ0n) is 8.80. The van der Waals surface area contributed by atoms with Gasteiger partial charge in [0.25, 0.3) is 0 Å². The SMILES string of the molecule is N=NC(=Cc1ccccc1)c1ccccc1. The molecular weight excluding hydrogens is 196 g/mol. The van der Waals surface area contributed by atoms with Crippen LogP contribution in [0.25, 0.3) is 11.8 Å². The second-order valence-corrected chi connectivity index (χ2v) is 3.42. The van der Waals surface area contributed by atoms with Gasteiger partial charge in [-0.05, 0) is 11.6 Å². The smallest absolute Gasteiger partial charge is 0.0928 e. The van der Waals surface area contributed by atoms with Crippen molar-refractivity contribution in [3.8, 4) is 0 Å². The molecule has 1 N–H and O–H groups in total. The van der Waals surface area contributed by atoms with E-state index in [0.29, 0.717) is 5.70 Å². The van der Waals surface area contributed by atoms with Crippen LogP contribution in [-0.4, -0.2) is 0 Å². The largest absolute Gasteiger partial charge is 0.204 e. The molecule has 2 aromatic rings. The normalized spacial score (nSPS) is 11.1. The molecule has 0 radical (unpaired) electrons. The summed E-state index contributed by atoms with van der Waals surface area (Å²) in [5.74, 6) is 0. The molecule has 0 aromatic heterocycles. The highest BCUT2D eigenvalue weighted by Gasteiger charge is 1.98. The number of benzene rings is 2. The Kier molecular flexibility index (Phi) is 3.24. The van der Waals surface area contributed by atoms with E-state index in [0.717, 1.165) is 11.1 Å². The van der Waals surface area contributed by atoms with Crippen molar-refractivity contribution in [1.82, 2.24) is 0 Å². The maximum absolute atomic E-state index is 7.20. The minimum absolute atomic E-state index is 0.673. The van der Waals surface area contributed by atoms with E-state index < -0.39 is 0 Å². The molecule has 0 aliphatic carbocycles. The van der Waals surface area contributed by atoms with Gasteiger partial charge >= 0.3 is 0 Å². The van der Waals surface area contributed by atoms with Gasteiger partial charge in [-0.2, -0.15) is 5.11 Å². The molecular formula is C14H12N2. The number of nitrogens with one attached hydrogen (secondary N) is 1. The fraction of sp³-hybridized carbons (Fsp3) is 0. The van der Waals surface area contributed by atoms with E-state index >= 15 is 0 Å². The Morgan fingerprint density at radius 3 is 2.00 bits per heavy atom. The summed E-state index contributed by atoms with van der Waals surface area (Å²) in [6.45, 7) is 0. The third kappa shape index (κ3) is 2.42. The Morgan fingerprint density at radius 2 is 1.44 bits per heavy atom. The second-order valence-electron chi connectivity index (χ2n) is 3.42. The monoisotopic (exact) mass is 208 g/mol. The molecule has 0 amide bonds. The maximum atomic E-state index is 7.20. The average molecular weight is 208 g/mol. The van der Waals surface area contributed by atoms with Crippen molar-refractivity contribution in [1.29, 1.82) is 5.53 Å². The first-order chi connectivity index (χ1) is 7.90. The lowest BCUT2D eigenvalue weighted by Crippen LogP contribution is -1.79. The van der Waals surface area contributed by atoms with Crippen molar-refractivity contribution in [2.75, 3.05) is 0 Å². The van der Waals surface area contributed by atoms with Crippen molar-refractivity contribution in [3.05, 3.63) is 71.8 Å². The molecule has 78 valence electrons. The average Bonchev–Trinajstić information content (AvgIpc) is 2.38. The molecule has 2 nitrogen and oxygen atoms in total. The fourth-order valence-corrected chi connectivity index (χ4v) is 1.50. The molecule has 2 rings (SSSR count). The molecule has 0 spiro atoms. The first-order valence-electron chi connectivity index (χ1n) is 5.10. The Bertz CT molecular complexity index is 487. The summed E-state index contributed by atoms with van der Waals surface area (Å²) in [7, 11) is 0. The minimum Gasteiger partial charge on any atom is -0.204 e. The van der Waals surface area contributed by atoms with Crippen LogP contribution < -0.4 is 0 Å². The zero-order valence-corrected chi connectivity index (χ0v) is 8.80. The molecule has 2 heteroatoms. The van der Waals surface area contributed by atoms with E-state index in [9.17, 15) is 0 Å². The summed E-state index contributed by atoms with van der Waals surface area (Å²) in [4.78, 5) is 0. The summed E-state index contributed by atoms with van der Waals surface area (Å²) in [5, 5.41) is 3.56. The maximum Gasteiger partial charge on any atom is 0.0928 e.